The molecule has 11 heteroatoms. The number of rotatable bonds is 9. The Hall–Kier alpha value is -4.51. The average molecular weight is 613 g/mol. The lowest BCUT2D eigenvalue weighted by molar-refractivity contribution is -0.125. The van der Waals surface area contributed by atoms with Crippen molar-refractivity contribution in [3.05, 3.63) is 81.5 Å². The molecule has 2 aromatic heterocycles. The Kier molecular flexibility index (Phi) is 9.67. The highest BCUT2D eigenvalue weighted by atomic mass is 16.2. The average Bonchev–Trinajstić information content (AvgIpc) is 3.51. The predicted molar refractivity (Wildman–Crippen MR) is 178 cm³/mol. The summed E-state index contributed by atoms with van der Waals surface area (Å²) in [5.74, 6) is 0.475. The molecule has 0 aliphatic carbocycles. The van der Waals surface area contributed by atoms with E-state index in [1.807, 2.05) is 43.9 Å². The molecule has 3 N–H and O–H groups in total. The number of carbonyl (C=O) groups is 2. The van der Waals surface area contributed by atoms with E-state index in [-0.39, 0.29) is 30.0 Å². The quantitative estimate of drug-likeness (QED) is 0.314. The van der Waals surface area contributed by atoms with Crippen molar-refractivity contribution in [1.82, 2.24) is 30.5 Å². The molecule has 11 nitrogen and oxygen atoms in total. The van der Waals surface area contributed by atoms with Crippen LogP contribution in [0.3, 0.4) is 0 Å². The number of likely N-dealkylation sites (N-methyl/N-ethyl adjacent to an activating group) is 1. The first kappa shape index (κ1) is 31.9. The van der Waals surface area contributed by atoms with Crippen molar-refractivity contribution in [2.24, 2.45) is 0 Å². The Morgan fingerprint density at radius 3 is 2.62 bits per heavy atom. The molecule has 2 atom stereocenters. The number of hydrogen-bond acceptors (Lipinski definition) is 8. The highest BCUT2D eigenvalue weighted by Crippen LogP contribution is 2.34. The van der Waals surface area contributed by atoms with Crippen molar-refractivity contribution in [1.29, 1.82) is 0 Å². The molecule has 3 aromatic rings. The third-order valence-corrected chi connectivity index (χ3v) is 9.02. The maximum atomic E-state index is 13.9. The maximum absolute atomic E-state index is 13.9. The van der Waals surface area contributed by atoms with Crippen molar-refractivity contribution in [3.8, 4) is 11.3 Å². The standard InChI is InChI=1S/C34H44N8O3/c1-7-32(43)40-12-10-26(18-40)42(8-2)30-15-25(29-16-31(37-19-36-29)41-11-9-22(4)38-20-41)14-27(24(30)6)33(44)35-17-28-21(3)13-23(5)39-34(28)45/h7,13-16,19,22,26,38H,1,8-12,17-18,20H2,2-6H3,(H,35,44)(H,39,45). The summed E-state index contributed by atoms with van der Waals surface area (Å²) >= 11 is 0. The number of hydrogen-bond donors (Lipinski definition) is 3. The van der Waals surface area contributed by atoms with Crippen molar-refractivity contribution in [2.75, 3.05) is 42.6 Å². The van der Waals surface area contributed by atoms with Gasteiger partial charge in [0.15, 0.2) is 0 Å². The first-order chi connectivity index (χ1) is 21.6. The van der Waals surface area contributed by atoms with Gasteiger partial charge in [0, 0.05) is 78.9 Å². The zero-order chi connectivity index (χ0) is 32.2. The number of aryl methyl sites for hydroxylation is 2. The lowest BCUT2D eigenvalue weighted by atomic mass is 9.97. The molecule has 0 bridgehead atoms. The van der Waals surface area contributed by atoms with Gasteiger partial charge in [-0.05, 0) is 82.9 Å². The van der Waals surface area contributed by atoms with Crippen LogP contribution in [-0.4, -0.2) is 76.6 Å². The molecule has 2 amide bonds. The SMILES string of the molecule is C=CC(=O)N1CCC(N(CC)c2cc(-c3cc(N4CCC(C)NC4)ncn3)cc(C(=O)NCc3c(C)cc(C)[nH]c3=O)c2C)C1. The number of H-pyrrole nitrogens is 1. The number of aromatic nitrogens is 3. The van der Waals surface area contributed by atoms with Crippen LogP contribution in [0.25, 0.3) is 11.3 Å². The highest BCUT2D eigenvalue weighted by Gasteiger charge is 2.31. The molecule has 238 valence electrons. The molecule has 2 aliphatic heterocycles. The van der Waals surface area contributed by atoms with Crippen LogP contribution in [0.1, 0.15) is 59.4 Å². The zero-order valence-corrected chi connectivity index (χ0v) is 26.9. The maximum Gasteiger partial charge on any atom is 0.253 e. The zero-order valence-electron chi connectivity index (χ0n) is 26.9. The molecule has 2 saturated heterocycles. The third-order valence-electron chi connectivity index (χ3n) is 9.02. The van der Waals surface area contributed by atoms with Gasteiger partial charge in [-0.1, -0.05) is 6.58 Å². The number of likely N-dealkylation sites (tertiary alicyclic amines) is 1. The Bertz CT molecular complexity index is 1640. The van der Waals surface area contributed by atoms with Crippen LogP contribution in [0.2, 0.25) is 0 Å². The first-order valence-corrected chi connectivity index (χ1v) is 15.7. The Balaban J connectivity index is 1.52. The van der Waals surface area contributed by atoms with Gasteiger partial charge in [-0.15, -0.1) is 0 Å². The Morgan fingerprint density at radius 2 is 1.93 bits per heavy atom. The van der Waals surface area contributed by atoms with Crippen LogP contribution in [0, 0.1) is 20.8 Å². The van der Waals surface area contributed by atoms with E-state index >= 15 is 0 Å². The molecular formula is C34H44N8O3. The largest absolute Gasteiger partial charge is 0.367 e. The Labute approximate surface area is 264 Å². The smallest absolute Gasteiger partial charge is 0.253 e. The van der Waals surface area contributed by atoms with Crippen LogP contribution in [0.4, 0.5) is 11.5 Å². The van der Waals surface area contributed by atoms with Gasteiger partial charge in [0.05, 0.1) is 12.4 Å². The minimum atomic E-state index is -0.274. The van der Waals surface area contributed by atoms with Gasteiger partial charge in [0.2, 0.25) is 5.91 Å². The van der Waals surface area contributed by atoms with Gasteiger partial charge in [0.25, 0.3) is 11.5 Å². The van der Waals surface area contributed by atoms with Gasteiger partial charge in [-0.3, -0.25) is 19.7 Å². The highest BCUT2D eigenvalue weighted by molar-refractivity contribution is 5.99. The van der Waals surface area contributed by atoms with Gasteiger partial charge >= 0.3 is 0 Å². The van der Waals surface area contributed by atoms with E-state index in [0.717, 1.165) is 53.3 Å². The Morgan fingerprint density at radius 1 is 1.13 bits per heavy atom. The van der Waals surface area contributed by atoms with Crippen molar-refractivity contribution in [2.45, 2.75) is 66.1 Å². The minimum Gasteiger partial charge on any atom is -0.367 e. The summed E-state index contributed by atoms with van der Waals surface area (Å²) in [6.45, 7) is 17.2. The lowest BCUT2D eigenvalue weighted by Crippen LogP contribution is -2.46. The summed E-state index contributed by atoms with van der Waals surface area (Å²) in [5, 5.41) is 6.48. The van der Waals surface area contributed by atoms with Crippen LogP contribution in [0.5, 0.6) is 0 Å². The molecule has 1 aromatic carbocycles. The number of nitrogens with one attached hydrogen (secondary N) is 3. The normalized spacial score (nSPS) is 18.2. The number of aromatic amines is 1. The second-order valence-electron chi connectivity index (χ2n) is 12.1. The molecule has 0 spiro atoms. The summed E-state index contributed by atoms with van der Waals surface area (Å²) in [5.41, 5.74) is 5.68. The number of carbonyl (C=O) groups excluding carboxylic acids is 2. The molecule has 0 radical (unpaired) electrons. The van der Waals surface area contributed by atoms with E-state index in [1.54, 1.807) is 6.33 Å². The molecule has 2 unspecified atom stereocenters. The van der Waals surface area contributed by atoms with Gasteiger partial charge in [-0.2, -0.15) is 0 Å². The fourth-order valence-electron chi connectivity index (χ4n) is 6.37. The number of pyridine rings is 1. The van der Waals surface area contributed by atoms with Crippen molar-refractivity contribution < 1.29 is 9.59 Å². The summed E-state index contributed by atoms with van der Waals surface area (Å²) in [6.07, 6.45) is 4.76. The van der Waals surface area contributed by atoms with E-state index in [2.05, 4.69) is 61.9 Å². The van der Waals surface area contributed by atoms with E-state index in [1.165, 1.54) is 6.08 Å². The fourth-order valence-corrected chi connectivity index (χ4v) is 6.37. The first-order valence-electron chi connectivity index (χ1n) is 15.7. The fraction of sp³-hybridized carbons (Fsp3) is 0.441. The van der Waals surface area contributed by atoms with E-state index in [0.29, 0.717) is 49.2 Å². The summed E-state index contributed by atoms with van der Waals surface area (Å²) in [4.78, 5) is 57.2. The number of benzene rings is 1. The van der Waals surface area contributed by atoms with Gasteiger partial charge < -0.3 is 25.0 Å². The van der Waals surface area contributed by atoms with Crippen LogP contribution in [-0.2, 0) is 11.3 Å². The molecule has 45 heavy (non-hydrogen) atoms. The molecule has 2 aliphatic rings. The van der Waals surface area contributed by atoms with E-state index in [9.17, 15) is 14.4 Å². The predicted octanol–water partition coefficient (Wildman–Crippen LogP) is 3.45. The van der Waals surface area contributed by atoms with Crippen molar-refractivity contribution in [3.63, 3.8) is 0 Å². The summed E-state index contributed by atoms with van der Waals surface area (Å²) in [6, 6.07) is 8.37. The molecule has 4 heterocycles. The van der Waals surface area contributed by atoms with E-state index < -0.39 is 0 Å². The minimum absolute atomic E-state index is 0.0735. The molecule has 5 rings (SSSR count). The molecule has 2 fully saturated rings. The third kappa shape index (κ3) is 6.93. The number of nitrogens with zero attached hydrogens (tertiary/aromatic N) is 5. The van der Waals surface area contributed by atoms with Gasteiger partial charge in [0.1, 0.15) is 12.1 Å². The second-order valence-corrected chi connectivity index (χ2v) is 12.1. The monoisotopic (exact) mass is 612 g/mol. The van der Waals surface area contributed by atoms with Crippen molar-refractivity contribution >= 4 is 23.3 Å². The topological polar surface area (TPSA) is 127 Å². The number of amides is 2. The van der Waals surface area contributed by atoms with Crippen LogP contribution >= 0.6 is 0 Å². The van der Waals surface area contributed by atoms with Crippen LogP contribution in [0.15, 0.2) is 48.0 Å². The summed E-state index contributed by atoms with van der Waals surface area (Å²) < 4.78 is 0. The van der Waals surface area contributed by atoms with Gasteiger partial charge in [-0.25, -0.2) is 9.97 Å². The molecule has 0 saturated carbocycles. The second kappa shape index (κ2) is 13.6. The number of anilines is 2. The molecular weight excluding hydrogens is 568 g/mol. The lowest BCUT2D eigenvalue weighted by Gasteiger charge is -2.33. The van der Waals surface area contributed by atoms with E-state index in [4.69, 9.17) is 0 Å². The summed E-state index contributed by atoms with van der Waals surface area (Å²) in [7, 11) is 0. The van der Waals surface area contributed by atoms with Crippen LogP contribution < -0.4 is 26.0 Å².